The van der Waals surface area contributed by atoms with Crippen LogP contribution in [0.3, 0.4) is 0 Å². The molecule has 3 heterocycles. The van der Waals surface area contributed by atoms with E-state index in [4.69, 9.17) is 18.9 Å². The van der Waals surface area contributed by atoms with Gasteiger partial charge in [-0.3, -0.25) is 19.2 Å². The summed E-state index contributed by atoms with van der Waals surface area (Å²) in [7, 11) is 2.95. The molecule has 14 atom stereocenters. The van der Waals surface area contributed by atoms with Gasteiger partial charge < -0.3 is 39.2 Å². The summed E-state index contributed by atoms with van der Waals surface area (Å²) in [5, 5.41) is 33.6. The molecule has 1 aliphatic carbocycles. The van der Waals surface area contributed by atoms with Crippen LogP contribution in [0.15, 0.2) is 59.8 Å². The summed E-state index contributed by atoms with van der Waals surface area (Å²) in [5.41, 5.74) is 1.27. The van der Waals surface area contributed by atoms with Crippen LogP contribution in [0.5, 0.6) is 0 Å². The van der Waals surface area contributed by atoms with Crippen LogP contribution in [-0.2, 0) is 42.9 Å². The van der Waals surface area contributed by atoms with Crippen molar-refractivity contribution in [2.45, 2.75) is 168 Å². The van der Waals surface area contributed by atoms with Crippen LogP contribution in [0.25, 0.3) is 0 Å². The fourth-order valence-corrected chi connectivity index (χ4v) is 9.54. The Bertz CT molecular complexity index is 1750. The normalized spacial score (nSPS) is 40.4. The van der Waals surface area contributed by atoms with Crippen LogP contribution in [0.1, 0.15) is 119 Å². The Morgan fingerprint density at radius 1 is 0.889 bits per heavy atom. The first kappa shape index (κ1) is 52.0. The van der Waals surface area contributed by atoms with Crippen molar-refractivity contribution in [1.82, 2.24) is 4.90 Å². The highest BCUT2D eigenvalue weighted by atomic mass is 16.6. The van der Waals surface area contributed by atoms with E-state index in [1.807, 2.05) is 64.2 Å². The van der Waals surface area contributed by atoms with Crippen LogP contribution >= 0.6 is 0 Å². The maximum Gasteiger partial charge on any atom is 0.329 e. The summed E-state index contributed by atoms with van der Waals surface area (Å²) >= 11 is 0. The lowest BCUT2D eigenvalue weighted by atomic mass is 9.78. The van der Waals surface area contributed by atoms with E-state index in [-0.39, 0.29) is 54.8 Å². The number of cyclic esters (lactones) is 1. The molecule has 4 rings (SSSR count). The van der Waals surface area contributed by atoms with E-state index >= 15 is 0 Å². The van der Waals surface area contributed by atoms with Crippen molar-refractivity contribution >= 4 is 29.2 Å². The number of nitrogens with zero attached hydrogens (tertiary/aromatic N) is 1. The molecule has 0 radical (unpaired) electrons. The highest BCUT2D eigenvalue weighted by Gasteiger charge is 2.52. The second kappa shape index (κ2) is 24.1. The quantitative estimate of drug-likeness (QED) is 0.159. The molecule has 1 unspecified atom stereocenters. The largest absolute Gasteiger partial charge is 0.460 e. The number of aliphatic hydroxyl groups is 3. The Kier molecular flexibility index (Phi) is 19.9. The van der Waals surface area contributed by atoms with Gasteiger partial charge in [-0.25, -0.2) is 4.79 Å². The van der Waals surface area contributed by atoms with E-state index < -0.39 is 77.8 Å². The number of piperidine rings is 1. The van der Waals surface area contributed by atoms with Crippen molar-refractivity contribution in [1.29, 1.82) is 0 Å². The number of rotatable bonds is 5. The van der Waals surface area contributed by atoms with Crippen LogP contribution in [-0.4, -0.2) is 119 Å². The summed E-state index contributed by atoms with van der Waals surface area (Å²) in [6, 6.07) is -1.13. The summed E-state index contributed by atoms with van der Waals surface area (Å²) in [6.45, 7) is 12.7. The monoisotopic (exact) mass is 882 g/mol. The third-order valence-corrected chi connectivity index (χ3v) is 13.7. The molecule has 2 saturated heterocycles. The fourth-order valence-electron chi connectivity index (χ4n) is 9.54. The van der Waals surface area contributed by atoms with Gasteiger partial charge in [-0.1, -0.05) is 88.8 Å². The van der Waals surface area contributed by atoms with Gasteiger partial charge in [0.15, 0.2) is 5.78 Å². The number of hydrogen-bond donors (Lipinski definition) is 3. The van der Waals surface area contributed by atoms with Gasteiger partial charge in [0.25, 0.3) is 11.7 Å². The van der Waals surface area contributed by atoms with Crippen molar-refractivity contribution < 1.29 is 58.2 Å². The average molecular weight is 882 g/mol. The molecule has 3 aliphatic heterocycles. The van der Waals surface area contributed by atoms with Crippen molar-refractivity contribution in [2.24, 2.45) is 35.5 Å². The number of fused-ring (bicyclic) bond motifs is 3. The number of methoxy groups -OCH3 is 2. The number of hydrogen-bond acceptors (Lipinski definition) is 12. The Hall–Kier alpha value is -3.59. The van der Waals surface area contributed by atoms with Gasteiger partial charge in [0.1, 0.15) is 30.1 Å². The van der Waals surface area contributed by atoms with Crippen LogP contribution in [0.2, 0.25) is 0 Å². The highest BCUT2D eigenvalue weighted by Crippen LogP contribution is 2.36. The van der Waals surface area contributed by atoms with Crippen LogP contribution in [0.4, 0.5) is 0 Å². The average Bonchev–Trinajstić information content (AvgIpc) is 3.26. The number of allylic oxidation sites excluding steroid dienone is 8. The van der Waals surface area contributed by atoms with Crippen molar-refractivity contribution in [2.75, 3.05) is 20.8 Å². The van der Waals surface area contributed by atoms with Gasteiger partial charge in [0.05, 0.1) is 18.3 Å². The zero-order chi connectivity index (χ0) is 46.6. The van der Waals surface area contributed by atoms with Crippen molar-refractivity contribution in [3.8, 4) is 0 Å². The first-order chi connectivity index (χ1) is 29.8. The molecular formula is C50H75NO12. The third kappa shape index (κ3) is 14.0. The molecule has 1 saturated carbocycles. The predicted octanol–water partition coefficient (Wildman–Crippen LogP) is 6.33. The molecule has 63 heavy (non-hydrogen) atoms. The number of esters is 1. The molecule has 0 spiro atoms. The molecule has 13 nitrogen and oxygen atoms in total. The maximum absolute atomic E-state index is 14.3. The lowest BCUT2D eigenvalue weighted by Gasteiger charge is -2.41. The molecule has 1 amide bonds. The first-order valence-electron chi connectivity index (χ1n) is 23.1. The number of ether oxygens (including phenoxy) is 4. The Morgan fingerprint density at radius 2 is 1.62 bits per heavy atom. The minimum absolute atomic E-state index is 0.0361. The molecule has 352 valence electrons. The standard InChI is InChI=1S/C50H75NO12/c1-30-15-11-10-12-16-31(2)25-34(5)44(54)46(61-9)45(55)35(6)26-32(3)41(53)29-42(33(4)27-37-20-23-40(52)43(28-37)60-8)62-49(58)39-17-13-14-24-51(39)48(57)47(56)50(59)36(7)19-22-38(63-50)21-18-30/h10-12,15-16,18,21,26,31-34,36-40,42-43,45-46,52,55,59H,13-14,17,19-20,22-25,27-29H2,1-9H3/b11-10+,16-12-,21-18+,30-15+,35-26+/t31-,32-,33-,34-,36-,37+,38-,39+,40-,42?,43-,45-,46+,50-/m1/s1. The van der Waals surface area contributed by atoms with E-state index in [9.17, 15) is 39.3 Å². The zero-order valence-corrected chi connectivity index (χ0v) is 39.1. The molecular weight excluding hydrogens is 807 g/mol. The third-order valence-electron chi connectivity index (χ3n) is 13.7. The number of carbonyl (C=O) groups excluding carboxylic acids is 5. The summed E-state index contributed by atoms with van der Waals surface area (Å²) in [5.74, 6) is -7.85. The van der Waals surface area contributed by atoms with E-state index in [0.29, 0.717) is 56.9 Å². The van der Waals surface area contributed by atoms with Gasteiger partial charge in [0, 0.05) is 44.9 Å². The molecule has 2 bridgehead atoms. The topological polar surface area (TPSA) is 186 Å². The lowest BCUT2D eigenvalue weighted by molar-refractivity contribution is -0.254. The van der Waals surface area contributed by atoms with E-state index in [2.05, 4.69) is 0 Å². The summed E-state index contributed by atoms with van der Waals surface area (Å²) < 4.78 is 23.4. The summed E-state index contributed by atoms with van der Waals surface area (Å²) in [4.78, 5) is 71.4. The minimum Gasteiger partial charge on any atom is -0.460 e. The van der Waals surface area contributed by atoms with Crippen molar-refractivity contribution in [3.05, 3.63) is 59.8 Å². The van der Waals surface area contributed by atoms with E-state index in [1.165, 1.54) is 12.0 Å². The molecule has 0 aromatic rings. The SMILES string of the molecule is CO[C@@H]1C[C@H](C[C@@H](C)C2CC(=O)[C@H](C)/C=C(\C)[C@@H](O)[C@@H](OC)C(=O)[C@H](C)C[C@H](C)\C=C/C=C/C=C(C)/C=C/[C@@H]3CC[C@@H](C)[C@@](O)(O3)C(=O)C(=O)N3CCCC[C@H]3C(=O)O2)CC[C@H]1O. The molecule has 0 aromatic heterocycles. The van der Waals surface area contributed by atoms with E-state index in [1.54, 1.807) is 40.0 Å². The van der Waals surface area contributed by atoms with Gasteiger partial charge in [-0.05, 0) is 101 Å². The molecule has 13 heteroatoms. The van der Waals surface area contributed by atoms with Crippen molar-refractivity contribution in [3.63, 3.8) is 0 Å². The minimum atomic E-state index is -2.41. The highest BCUT2D eigenvalue weighted by molar-refractivity contribution is 6.39. The van der Waals surface area contributed by atoms with Gasteiger partial charge in [0.2, 0.25) is 5.79 Å². The molecule has 3 N–H and O–H groups in total. The summed E-state index contributed by atoms with van der Waals surface area (Å²) in [6.07, 6.45) is 14.9. The Labute approximate surface area is 375 Å². The smallest absolute Gasteiger partial charge is 0.329 e. The number of amides is 1. The Morgan fingerprint density at radius 3 is 2.32 bits per heavy atom. The predicted molar refractivity (Wildman–Crippen MR) is 239 cm³/mol. The number of aliphatic hydroxyl groups excluding tert-OH is 2. The number of carbonyl (C=O) groups is 5. The molecule has 4 aliphatic rings. The van der Waals surface area contributed by atoms with Crippen LogP contribution < -0.4 is 0 Å². The number of Topliss-reactive ketones (excluding diaryl/α,β-unsaturated/α-hetero) is 3. The zero-order valence-electron chi connectivity index (χ0n) is 39.1. The maximum atomic E-state index is 14.3. The molecule has 0 aromatic carbocycles. The van der Waals surface area contributed by atoms with Gasteiger partial charge >= 0.3 is 5.97 Å². The number of ketones is 3. The fraction of sp³-hybridized carbons (Fsp3) is 0.700. The van der Waals surface area contributed by atoms with Gasteiger partial charge in [-0.15, -0.1) is 0 Å². The van der Waals surface area contributed by atoms with Gasteiger partial charge in [-0.2, -0.15) is 0 Å². The second-order valence-corrected chi connectivity index (χ2v) is 18.9. The van der Waals surface area contributed by atoms with E-state index in [0.717, 1.165) is 12.0 Å². The Balaban J connectivity index is 1.69. The lowest BCUT2D eigenvalue weighted by Crippen LogP contribution is -2.60. The van der Waals surface area contributed by atoms with Crippen LogP contribution in [0, 0.1) is 35.5 Å². The first-order valence-corrected chi connectivity index (χ1v) is 23.1. The molecule has 3 fully saturated rings. The second-order valence-electron chi connectivity index (χ2n) is 18.9.